The molecule has 0 radical (unpaired) electrons. The normalized spacial score (nSPS) is 14.3. The number of carbonyl (C=O) groups excluding carboxylic acids is 3. The highest BCUT2D eigenvalue weighted by atomic mass is 19.4. The fourth-order valence-corrected chi connectivity index (χ4v) is 4.30. The van der Waals surface area contributed by atoms with Gasteiger partial charge in [-0.3, -0.25) is 9.59 Å². The minimum Gasteiger partial charge on any atom is -0.467 e. The van der Waals surface area contributed by atoms with Gasteiger partial charge in [0.05, 0.1) is 67.5 Å². The van der Waals surface area contributed by atoms with Crippen LogP contribution < -0.4 is 0 Å². The van der Waals surface area contributed by atoms with Crippen LogP contribution in [0.15, 0.2) is 0 Å². The van der Waals surface area contributed by atoms with Crippen LogP contribution in [0.3, 0.4) is 0 Å². The summed E-state index contributed by atoms with van der Waals surface area (Å²) in [6, 6.07) is 0. The van der Waals surface area contributed by atoms with Crippen molar-refractivity contribution in [2.75, 3.05) is 13.7 Å². The van der Waals surface area contributed by atoms with E-state index in [0.717, 1.165) is 5.92 Å². The van der Waals surface area contributed by atoms with Crippen LogP contribution in [-0.2, 0) is 47.5 Å². The highest BCUT2D eigenvalue weighted by molar-refractivity contribution is 5.78. The molecule has 14 heteroatoms. The lowest BCUT2D eigenvalue weighted by molar-refractivity contribution is -0.169. The third-order valence-electron chi connectivity index (χ3n) is 7.17. The summed E-state index contributed by atoms with van der Waals surface area (Å²) < 4.78 is 69.9. The maximum Gasteiger partial charge on any atom is 0.389 e. The molecule has 2 fully saturated rings. The third kappa shape index (κ3) is 63.8. The Labute approximate surface area is 389 Å². The monoisotopic (exact) mass is 931 g/mol. The van der Waals surface area contributed by atoms with E-state index >= 15 is 0 Å². The quantitative estimate of drug-likeness (QED) is 0.0727. The first-order chi connectivity index (χ1) is 28.9. The van der Waals surface area contributed by atoms with Gasteiger partial charge in [-0.05, 0) is 170 Å². The molecule has 0 aliphatic heterocycles. The molecule has 0 bridgehead atoms. The van der Waals surface area contributed by atoms with Crippen molar-refractivity contribution in [1.29, 1.82) is 0 Å². The maximum absolute atomic E-state index is 11.5. The van der Waals surface area contributed by atoms with Crippen LogP contribution in [0.5, 0.6) is 0 Å². The van der Waals surface area contributed by atoms with E-state index in [4.69, 9.17) is 28.8 Å². The van der Waals surface area contributed by atoms with Gasteiger partial charge in [0, 0.05) is 32.3 Å². The summed E-state index contributed by atoms with van der Waals surface area (Å²) in [4.78, 5) is 32.1. The van der Waals surface area contributed by atoms with E-state index < -0.39 is 18.2 Å². The first kappa shape index (κ1) is 70.6. The van der Waals surface area contributed by atoms with E-state index in [1.807, 2.05) is 76.2 Å². The molecule has 0 saturated heterocycles. The van der Waals surface area contributed by atoms with Crippen molar-refractivity contribution in [2.45, 2.75) is 264 Å². The lowest BCUT2D eigenvalue weighted by Gasteiger charge is -2.24. The second-order valence-corrected chi connectivity index (χ2v) is 19.3. The number of aliphatic hydroxyl groups excluding tert-OH is 1. The van der Waals surface area contributed by atoms with Gasteiger partial charge >= 0.3 is 24.1 Å². The van der Waals surface area contributed by atoms with Crippen LogP contribution in [0.2, 0.25) is 0 Å². The van der Waals surface area contributed by atoms with Crippen molar-refractivity contribution >= 4 is 17.9 Å². The zero-order valence-electron chi connectivity index (χ0n) is 44.7. The molecule has 2 saturated carbocycles. The molecule has 1 N–H and O–H groups in total. The van der Waals surface area contributed by atoms with Gasteiger partial charge in [-0.25, -0.2) is 4.79 Å². The molecule has 0 aromatic heterocycles. The SMILES string of the molecule is CC(=O)OC(C)C.CC(C)C#CCC(C)O.CC(C)OC(=O)C(C)(C)C.CC(C)OC(C)C1CC1.CC(C)OC1CC1.CC(C)OCCCC(F)(F)F.COC(=O)C(C)(C)OC(C)C. The Bertz CT molecular complexity index is 1200. The number of alkyl halides is 3. The Morgan fingerprint density at radius 1 is 0.672 bits per heavy atom. The molecule has 2 unspecified atom stereocenters. The van der Waals surface area contributed by atoms with E-state index in [9.17, 15) is 27.6 Å². The van der Waals surface area contributed by atoms with Crippen molar-refractivity contribution in [3.05, 3.63) is 0 Å². The molecule has 384 valence electrons. The summed E-state index contributed by atoms with van der Waals surface area (Å²) in [5.74, 6) is 6.46. The Kier molecular flexibility index (Phi) is 42.6. The molecule has 2 rings (SSSR count). The summed E-state index contributed by atoms with van der Waals surface area (Å²) in [6.45, 7) is 41.6. The van der Waals surface area contributed by atoms with Crippen LogP contribution in [-0.4, -0.2) is 103 Å². The van der Waals surface area contributed by atoms with Crippen molar-refractivity contribution in [1.82, 2.24) is 0 Å². The molecule has 0 spiro atoms. The summed E-state index contributed by atoms with van der Waals surface area (Å²) in [5, 5.41) is 8.76. The number of aliphatic hydroxyl groups is 1. The number of halogens is 3. The Balaban J connectivity index is -0.000000213. The number of methoxy groups -OCH3 is 1. The summed E-state index contributed by atoms with van der Waals surface area (Å²) >= 11 is 0. The molecule has 2 aliphatic rings. The van der Waals surface area contributed by atoms with E-state index in [1.54, 1.807) is 34.6 Å². The van der Waals surface area contributed by atoms with Gasteiger partial charge in [-0.15, -0.1) is 11.8 Å². The lowest BCUT2D eigenvalue weighted by atomic mass is 9.97. The molecule has 2 atom stereocenters. The van der Waals surface area contributed by atoms with Crippen LogP contribution in [0.25, 0.3) is 0 Å². The largest absolute Gasteiger partial charge is 0.467 e. The number of ether oxygens (including phenoxy) is 7. The van der Waals surface area contributed by atoms with Gasteiger partial charge in [-0.1, -0.05) is 13.8 Å². The van der Waals surface area contributed by atoms with Crippen molar-refractivity contribution in [2.24, 2.45) is 17.3 Å². The van der Waals surface area contributed by atoms with E-state index in [-0.39, 0.29) is 66.9 Å². The van der Waals surface area contributed by atoms with Gasteiger partial charge in [0.15, 0.2) is 5.60 Å². The molecule has 0 aromatic rings. The Morgan fingerprint density at radius 3 is 1.39 bits per heavy atom. The number of esters is 3. The third-order valence-corrected chi connectivity index (χ3v) is 7.17. The smallest absolute Gasteiger partial charge is 0.389 e. The molecule has 11 nitrogen and oxygen atoms in total. The average Bonchev–Trinajstić information content (AvgIpc) is 4.01. The minimum absolute atomic E-state index is 0.00766. The first-order valence-corrected chi connectivity index (χ1v) is 23.2. The lowest BCUT2D eigenvalue weighted by Crippen LogP contribution is -2.38. The maximum atomic E-state index is 11.5. The summed E-state index contributed by atoms with van der Waals surface area (Å²) in [6.07, 6.45) is 2.96. The zero-order chi connectivity index (χ0) is 51.6. The van der Waals surface area contributed by atoms with E-state index in [2.05, 4.69) is 55.9 Å². The molecular weight excluding hydrogens is 834 g/mol. The van der Waals surface area contributed by atoms with Gasteiger partial charge in [-0.2, -0.15) is 13.2 Å². The molecule has 64 heavy (non-hydrogen) atoms. The van der Waals surface area contributed by atoms with Gasteiger partial charge in [0.2, 0.25) is 0 Å². The summed E-state index contributed by atoms with van der Waals surface area (Å²) in [7, 11) is 1.35. The molecule has 2 aliphatic carbocycles. The zero-order valence-corrected chi connectivity index (χ0v) is 44.7. The van der Waals surface area contributed by atoms with Crippen molar-refractivity contribution in [3.8, 4) is 11.8 Å². The molecule has 0 aromatic carbocycles. The number of carbonyl (C=O) groups is 3. The Hall–Kier alpha value is -2.44. The predicted molar refractivity (Wildman–Crippen MR) is 253 cm³/mol. The second-order valence-electron chi connectivity index (χ2n) is 19.3. The van der Waals surface area contributed by atoms with Gasteiger partial charge in [0.1, 0.15) is 0 Å². The van der Waals surface area contributed by atoms with Crippen LogP contribution in [0, 0.1) is 29.1 Å². The molecule has 0 amide bonds. The number of rotatable bonds is 15. The second kappa shape index (κ2) is 38.6. The number of hydrogen-bond acceptors (Lipinski definition) is 11. The summed E-state index contributed by atoms with van der Waals surface area (Å²) in [5.41, 5.74) is -1.20. The standard InChI is InChI=1S/C8H16O3.C8H16O2.C8H16O.C8H14O.C7H13F3O.C6H12O.C5H10O2/c1-6(2)11-8(3,4)7(9)10-5;1-6(2)10-7(9)8(3,4)5;1-6(2)9-7(3)8-4-5-8;1-7(2)5-4-6-8(3)9;1-6(2)11-5-3-4-7(8,9)10;1-5(2)7-6-3-4-6;1-4(2)7-5(3)6/h6H,1-5H3;6H,1-5H3;6-8H,4-5H2,1-3H3;7-9H,6H2,1-3H3;6H,3-5H2,1-2H3;5-6H,3-4H2,1-2H3;4H,1-3H3. The molecular formula is C50H97F3O11. The Morgan fingerprint density at radius 2 is 1.16 bits per heavy atom. The topological polar surface area (TPSA) is 136 Å². The van der Waals surface area contributed by atoms with E-state index in [0.29, 0.717) is 36.8 Å². The fraction of sp³-hybridized carbons (Fsp3) is 0.900. The molecule has 0 heterocycles. The highest BCUT2D eigenvalue weighted by Gasteiger charge is 2.31. The van der Waals surface area contributed by atoms with E-state index in [1.165, 1.54) is 39.7 Å². The van der Waals surface area contributed by atoms with Crippen LogP contribution in [0.4, 0.5) is 13.2 Å². The van der Waals surface area contributed by atoms with Gasteiger partial charge < -0.3 is 38.3 Å². The highest BCUT2D eigenvalue weighted by Crippen LogP contribution is 2.34. The van der Waals surface area contributed by atoms with Crippen LogP contribution in [0.1, 0.15) is 197 Å². The van der Waals surface area contributed by atoms with Crippen molar-refractivity contribution in [3.63, 3.8) is 0 Å². The number of hydrogen-bond donors (Lipinski definition) is 1. The van der Waals surface area contributed by atoms with Gasteiger partial charge in [0.25, 0.3) is 0 Å². The van der Waals surface area contributed by atoms with Crippen molar-refractivity contribution < 1.29 is 65.8 Å². The predicted octanol–water partition coefficient (Wildman–Crippen LogP) is 12.3. The average molecular weight is 931 g/mol. The fourth-order valence-electron chi connectivity index (χ4n) is 4.30. The minimum atomic E-state index is -4.04. The first-order valence-electron chi connectivity index (χ1n) is 23.2. The van der Waals surface area contributed by atoms with Crippen LogP contribution >= 0.6 is 0 Å².